The van der Waals surface area contributed by atoms with E-state index >= 15 is 0 Å². The Labute approximate surface area is 181 Å². The molecule has 0 aliphatic carbocycles. The van der Waals surface area contributed by atoms with Crippen molar-refractivity contribution in [1.29, 1.82) is 0 Å². The number of para-hydroxylation sites is 2. The summed E-state index contributed by atoms with van der Waals surface area (Å²) in [5.74, 6) is -0.0352. The number of benzene rings is 2. The van der Waals surface area contributed by atoms with E-state index in [1.807, 2.05) is 24.3 Å². The maximum absolute atomic E-state index is 13.1. The van der Waals surface area contributed by atoms with Gasteiger partial charge in [0.1, 0.15) is 5.75 Å². The number of alkyl halides is 3. The molecular formula is C21H19ClF3N3O3. The summed E-state index contributed by atoms with van der Waals surface area (Å²) in [4.78, 5) is 12.1. The van der Waals surface area contributed by atoms with Crippen LogP contribution in [0.2, 0.25) is 5.02 Å². The number of amides is 1. The van der Waals surface area contributed by atoms with Crippen LogP contribution in [0.1, 0.15) is 11.3 Å². The summed E-state index contributed by atoms with van der Waals surface area (Å²) in [6.07, 6.45) is -4.16. The highest BCUT2D eigenvalue weighted by atomic mass is 35.5. The van der Waals surface area contributed by atoms with Crippen LogP contribution in [0.3, 0.4) is 0 Å². The van der Waals surface area contributed by atoms with Crippen LogP contribution < -0.4 is 14.8 Å². The first-order valence-electron chi connectivity index (χ1n) is 9.23. The lowest BCUT2D eigenvalue weighted by Gasteiger charge is -2.11. The number of nitrogens with zero attached hydrogens (tertiary/aromatic N) is 2. The summed E-state index contributed by atoms with van der Waals surface area (Å²) in [6, 6.07) is 14.4. The zero-order chi connectivity index (χ0) is 22.4. The van der Waals surface area contributed by atoms with E-state index in [9.17, 15) is 18.0 Å². The van der Waals surface area contributed by atoms with Crippen molar-refractivity contribution in [3.8, 4) is 17.3 Å². The third-order valence-corrected chi connectivity index (χ3v) is 4.63. The molecule has 2 aromatic carbocycles. The molecule has 1 amide bonds. The predicted octanol–water partition coefficient (Wildman–Crippen LogP) is 4.29. The van der Waals surface area contributed by atoms with Crippen molar-refractivity contribution in [3.05, 3.63) is 70.9 Å². The monoisotopic (exact) mass is 453 g/mol. The first kappa shape index (κ1) is 22.5. The molecule has 1 N–H and O–H groups in total. The van der Waals surface area contributed by atoms with Crippen LogP contribution >= 0.6 is 11.6 Å². The second kappa shape index (κ2) is 9.74. The van der Waals surface area contributed by atoms with Gasteiger partial charge < -0.3 is 14.8 Å². The largest absolute Gasteiger partial charge is 0.496 e. The lowest BCUT2D eigenvalue weighted by Crippen LogP contribution is -2.31. The van der Waals surface area contributed by atoms with Gasteiger partial charge in [0.25, 0.3) is 5.91 Å². The Balaban J connectivity index is 1.66. The number of methoxy groups -OCH3 is 1. The van der Waals surface area contributed by atoms with Gasteiger partial charge in [0.05, 0.1) is 17.8 Å². The van der Waals surface area contributed by atoms with Crippen molar-refractivity contribution < 1.29 is 27.4 Å². The molecule has 3 aromatic rings. The Morgan fingerprint density at radius 2 is 1.87 bits per heavy atom. The van der Waals surface area contributed by atoms with E-state index in [0.717, 1.165) is 16.3 Å². The number of rotatable bonds is 8. The number of carbonyl (C=O) groups excluding carboxylic acids is 1. The Bertz CT molecular complexity index is 1050. The van der Waals surface area contributed by atoms with E-state index in [-0.39, 0.29) is 16.6 Å². The molecule has 3 rings (SSSR count). The second-order valence-corrected chi connectivity index (χ2v) is 6.84. The minimum atomic E-state index is -4.68. The smallest absolute Gasteiger partial charge is 0.435 e. The molecule has 0 aliphatic rings. The summed E-state index contributed by atoms with van der Waals surface area (Å²) < 4.78 is 50.9. The zero-order valence-corrected chi connectivity index (χ0v) is 17.2. The molecule has 1 aromatic heterocycles. The number of halogens is 4. The van der Waals surface area contributed by atoms with E-state index in [1.54, 1.807) is 19.2 Å². The third kappa shape index (κ3) is 5.69. The number of aromatic nitrogens is 2. The number of carbonyl (C=O) groups is 1. The molecule has 1 heterocycles. The molecule has 0 saturated heterocycles. The average Bonchev–Trinajstić information content (AvgIpc) is 3.17. The molecule has 0 unspecified atom stereocenters. The lowest BCUT2D eigenvalue weighted by atomic mass is 10.1. The molecule has 6 nitrogen and oxygen atoms in total. The standard InChI is InChI=1S/C21H19ClF3N3O3/c1-30-17-9-5-2-6-14(17)10-11-26-19(29)13-31-20-12-18(21(23,24)25)27-28(20)16-8-4-3-7-15(16)22/h2-9,12H,10-11,13H2,1H3,(H,26,29). The van der Waals surface area contributed by atoms with Crippen molar-refractivity contribution in [2.75, 3.05) is 20.3 Å². The van der Waals surface area contributed by atoms with Crippen LogP contribution in [-0.2, 0) is 17.4 Å². The molecule has 31 heavy (non-hydrogen) atoms. The average molecular weight is 454 g/mol. The maximum atomic E-state index is 13.1. The highest BCUT2D eigenvalue weighted by Gasteiger charge is 2.36. The normalized spacial score (nSPS) is 11.3. The number of hydrogen-bond donors (Lipinski definition) is 1. The van der Waals surface area contributed by atoms with Gasteiger partial charge in [-0.05, 0) is 30.2 Å². The molecule has 164 valence electrons. The van der Waals surface area contributed by atoms with Crippen molar-refractivity contribution in [2.45, 2.75) is 12.6 Å². The van der Waals surface area contributed by atoms with E-state index in [1.165, 1.54) is 12.1 Å². The molecule has 0 saturated carbocycles. The molecule has 0 atom stereocenters. The van der Waals surface area contributed by atoms with E-state index in [4.69, 9.17) is 21.1 Å². The zero-order valence-electron chi connectivity index (χ0n) is 16.4. The fourth-order valence-corrected chi connectivity index (χ4v) is 3.05. The van der Waals surface area contributed by atoms with Gasteiger partial charge in [-0.15, -0.1) is 0 Å². The predicted molar refractivity (Wildman–Crippen MR) is 109 cm³/mol. The van der Waals surface area contributed by atoms with Gasteiger partial charge in [-0.1, -0.05) is 41.9 Å². The minimum Gasteiger partial charge on any atom is -0.496 e. The van der Waals surface area contributed by atoms with Crippen molar-refractivity contribution >= 4 is 17.5 Å². The lowest BCUT2D eigenvalue weighted by molar-refractivity contribution is -0.141. The van der Waals surface area contributed by atoms with Gasteiger partial charge in [0.15, 0.2) is 12.3 Å². The summed E-state index contributed by atoms with van der Waals surface area (Å²) in [5.41, 5.74) is -0.0388. The molecule has 0 bridgehead atoms. The topological polar surface area (TPSA) is 65.4 Å². The Kier molecular flexibility index (Phi) is 7.06. The summed E-state index contributed by atoms with van der Waals surface area (Å²) in [6.45, 7) is -0.181. The first-order valence-corrected chi connectivity index (χ1v) is 9.61. The van der Waals surface area contributed by atoms with Crippen molar-refractivity contribution in [1.82, 2.24) is 15.1 Å². The van der Waals surface area contributed by atoms with Gasteiger partial charge in [-0.3, -0.25) is 4.79 Å². The Hall–Kier alpha value is -3.20. The Morgan fingerprint density at radius 3 is 2.58 bits per heavy atom. The van der Waals surface area contributed by atoms with Crippen LogP contribution in [0.15, 0.2) is 54.6 Å². The van der Waals surface area contributed by atoms with Crippen LogP contribution in [0.4, 0.5) is 13.2 Å². The molecule has 0 aliphatic heterocycles. The summed E-state index contributed by atoms with van der Waals surface area (Å²) >= 11 is 6.08. The van der Waals surface area contributed by atoms with E-state index in [2.05, 4.69) is 10.4 Å². The van der Waals surface area contributed by atoms with Crippen LogP contribution in [0.5, 0.6) is 11.6 Å². The van der Waals surface area contributed by atoms with Gasteiger partial charge in [0.2, 0.25) is 5.88 Å². The number of hydrogen-bond acceptors (Lipinski definition) is 4. The maximum Gasteiger partial charge on any atom is 0.435 e. The van der Waals surface area contributed by atoms with Gasteiger partial charge in [-0.2, -0.15) is 23.0 Å². The van der Waals surface area contributed by atoms with Crippen molar-refractivity contribution in [3.63, 3.8) is 0 Å². The molecule has 10 heteroatoms. The SMILES string of the molecule is COc1ccccc1CCNC(=O)COc1cc(C(F)(F)F)nn1-c1ccccc1Cl. The molecule has 0 spiro atoms. The second-order valence-electron chi connectivity index (χ2n) is 6.43. The Morgan fingerprint density at radius 1 is 1.16 bits per heavy atom. The fraction of sp³-hybridized carbons (Fsp3) is 0.238. The summed E-state index contributed by atoms with van der Waals surface area (Å²) in [7, 11) is 1.56. The van der Waals surface area contributed by atoms with Crippen molar-refractivity contribution in [2.24, 2.45) is 0 Å². The molecule has 0 radical (unpaired) electrons. The highest BCUT2D eigenvalue weighted by Crippen LogP contribution is 2.33. The highest BCUT2D eigenvalue weighted by molar-refractivity contribution is 6.32. The molecule has 0 fully saturated rings. The third-order valence-electron chi connectivity index (χ3n) is 4.31. The first-order chi connectivity index (χ1) is 14.8. The fourth-order valence-electron chi connectivity index (χ4n) is 2.84. The summed E-state index contributed by atoms with van der Waals surface area (Å²) in [5, 5.41) is 6.40. The van der Waals surface area contributed by atoms with E-state index in [0.29, 0.717) is 18.7 Å². The van der Waals surface area contributed by atoms with Crippen LogP contribution in [0, 0.1) is 0 Å². The number of ether oxygens (including phenoxy) is 2. The van der Waals surface area contributed by atoms with Gasteiger partial charge >= 0.3 is 6.18 Å². The minimum absolute atomic E-state index is 0.186. The van der Waals surface area contributed by atoms with E-state index < -0.39 is 24.4 Å². The molecular weight excluding hydrogens is 435 g/mol. The van der Waals surface area contributed by atoms with Crippen LogP contribution in [0.25, 0.3) is 5.69 Å². The van der Waals surface area contributed by atoms with Crippen LogP contribution in [-0.4, -0.2) is 35.9 Å². The van der Waals surface area contributed by atoms with Gasteiger partial charge in [-0.25, -0.2) is 0 Å². The van der Waals surface area contributed by atoms with Gasteiger partial charge in [0, 0.05) is 12.6 Å². The number of nitrogens with one attached hydrogen (secondary N) is 1. The quantitative estimate of drug-likeness (QED) is 0.552.